The van der Waals surface area contributed by atoms with Crippen LogP contribution in [0.2, 0.25) is 0 Å². The lowest BCUT2D eigenvalue weighted by atomic mass is 9.48. The summed E-state index contributed by atoms with van der Waals surface area (Å²) in [5.74, 6) is 0.978. The molecule has 1 aliphatic heterocycles. The van der Waals surface area contributed by atoms with Gasteiger partial charge in [-0.3, -0.25) is 14.7 Å². The molecule has 4 bridgehead atoms. The van der Waals surface area contributed by atoms with E-state index in [1.54, 1.807) is 6.20 Å². The zero-order valence-electron chi connectivity index (χ0n) is 15.5. The van der Waals surface area contributed by atoms with Crippen molar-refractivity contribution in [2.24, 2.45) is 28.9 Å². The van der Waals surface area contributed by atoms with Crippen LogP contribution in [0.3, 0.4) is 0 Å². The number of amides is 2. The number of ether oxygens (including phenoxy) is 1. The summed E-state index contributed by atoms with van der Waals surface area (Å²) < 4.78 is 6.09. The molecule has 5 aliphatic rings. The molecule has 4 saturated carbocycles. The Morgan fingerprint density at radius 1 is 1.19 bits per heavy atom. The Morgan fingerprint density at radius 2 is 1.96 bits per heavy atom. The van der Waals surface area contributed by atoms with Gasteiger partial charge in [0.1, 0.15) is 6.10 Å². The van der Waals surface area contributed by atoms with Crippen molar-refractivity contribution in [1.82, 2.24) is 9.88 Å². The van der Waals surface area contributed by atoms with Gasteiger partial charge in [-0.05, 0) is 74.8 Å². The first-order valence-electron chi connectivity index (χ1n) is 10.2. The lowest BCUT2D eigenvalue weighted by Crippen LogP contribution is -2.59. The summed E-state index contributed by atoms with van der Waals surface area (Å²) in [5, 5.41) is 0. The first-order valence-corrected chi connectivity index (χ1v) is 10.2. The lowest BCUT2D eigenvalue weighted by molar-refractivity contribution is -0.161. The van der Waals surface area contributed by atoms with E-state index in [1.807, 2.05) is 23.1 Å². The summed E-state index contributed by atoms with van der Waals surface area (Å²) in [6, 6.07) is 5.85. The van der Waals surface area contributed by atoms with Crippen LogP contribution in [-0.2, 0) is 9.53 Å². The smallest absolute Gasteiger partial charge is 0.410 e. The number of rotatable bonds is 3. The average molecular weight is 369 g/mol. The molecule has 2 heterocycles. The molecular formula is C21H27N3O3. The predicted octanol–water partition coefficient (Wildman–Crippen LogP) is 3.04. The minimum Gasteiger partial charge on any atom is -0.445 e. The molecule has 4 aliphatic carbocycles. The van der Waals surface area contributed by atoms with Gasteiger partial charge < -0.3 is 10.5 Å². The molecule has 0 aromatic carbocycles. The fourth-order valence-corrected chi connectivity index (χ4v) is 6.52. The van der Waals surface area contributed by atoms with Gasteiger partial charge in [-0.15, -0.1) is 0 Å². The molecule has 6 atom stereocenters. The molecule has 0 spiro atoms. The summed E-state index contributed by atoms with van der Waals surface area (Å²) in [7, 11) is 0. The molecule has 6 heteroatoms. The fourth-order valence-electron chi connectivity index (χ4n) is 6.52. The van der Waals surface area contributed by atoms with E-state index in [0.29, 0.717) is 5.92 Å². The summed E-state index contributed by atoms with van der Waals surface area (Å²) in [4.78, 5) is 31.4. The molecule has 5 fully saturated rings. The number of carbonyl (C=O) groups excluding carboxylic acids is 2. The van der Waals surface area contributed by atoms with Crippen LogP contribution in [0, 0.1) is 23.2 Å². The number of hydrogen-bond acceptors (Lipinski definition) is 4. The summed E-state index contributed by atoms with van der Waals surface area (Å²) in [6.07, 6.45) is 8.04. The van der Waals surface area contributed by atoms with E-state index in [-0.39, 0.29) is 41.4 Å². The van der Waals surface area contributed by atoms with E-state index in [4.69, 9.17) is 10.5 Å². The van der Waals surface area contributed by atoms with E-state index in [9.17, 15) is 9.59 Å². The number of nitrogens with two attached hydrogens (primary N) is 1. The van der Waals surface area contributed by atoms with Gasteiger partial charge in [-0.2, -0.15) is 0 Å². The van der Waals surface area contributed by atoms with Crippen molar-refractivity contribution in [2.45, 2.75) is 57.1 Å². The molecule has 0 radical (unpaired) electrons. The zero-order chi connectivity index (χ0) is 18.6. The largest absolute Gasteiger partial charge is 0.445 e. The average Bonchev–Trinajstić information content (AvgIpc) is 3.14. The summed E-state index contributed by atoms with van der Waals surface area (Å²) >= 11 is 0. The third kappa shape index (κ3) is 2.72. The van der Waals surface area contributed by atoms with Gasteiger partial charge in [0.25, 0.3) is 0 Å². The number of primary amides is 1. The molecule has 1 saturated heterocycles. The summed E-state index contributed by atoms with van der Waals surface area (Å²) in [6.45, 7) is 0.718. The minimum atomic E-state index is -0.344. The third-order valence-electron chi connectivity index (χ3n) is 7.46. The van der Waals surface area contributed by atoms with Crippen molar-refractivity contribution >= 4 is 12.0 Å². The Morgan fingerprint density at radius 3 is 2.63 bits per heavy atom. The maximum Gasteiger partial charge on any atom is 0.410 e. The molecule has 27 heavy (non-hydrogen) atoms. The number of pyridine rings is 1. The van der Waals surface area contributed by atoms with Gasteiger partial charge in [0, 0.05) is 12.7 Å². The van der Waals surface area contributed by atoms with Gasteiger partial charge in [-0.1, -0.05) is 6.07 Å². The topological polar surface area (TPSA) is 85.5 Å². The molecule has 6 nitrogen and oxygen atoms in total. The molecular weight excluding hydrogens is 342 g/mol. The first kappa shape index (κ1) is 17.0. The molecule has 4 unspecified atom stereocenters. The third-order valence-corrected chi connectivity index (χ3v) is 7.46. The van der Waals surface area contributed by atoms with Gasteiger partial charge in [0.05, 0.1) is 17.2 Å². The van der Waals surface area contributed by atoms with Crippen LogP contribution < -0.4 is 5.73 Å². The standard InChI is InChI=1S/C21H27N3O3/c22-19(25)21-10-13-8-14(11-21)18(15(9-13)12-21)27-20(26)24-7-3-5-17(24)16-4-1-2-6-23-16/h1-2,4,6,13-15,17-18H,3,5,7-12H2,(H2,22,25)/t13?,14-,15?,17?,18?,21-/m0/s1. The second kappa shape index (κ2) is 6.21. The highest BCUT2D eigenvalue weighted by Crippen LogP contribution is 2.60. The van der Waals surface area contributed by atoms with Crippen LogP contribution in [0.25, 0.3) is 0 Å². The van der Waals surface area contributed by atoms with Crippen molar-refractivity contribution in [3.05, 3.63) is 30.1 Å². The Balaban J connectivity index is 1.31. The molecule has 2 N–H and O–H groups in total. The van der Waals surface area contributed by atoms with E-state index >= 15 is 0 Å². The van der Waals surface area contributed by atoms with Gasteiger partial charge >= 0.3 is 6.09 Å². The van der Waals surface area contributed by atoms with Crippen molar-refractivity contribution in [3.63, 3.8) is 0 Å². The number of likely N-dealkylation sites (tertiary alicyclic amines) is 1. The van der Waals surface area contributed by atoms with Crippen LogP contribution in [0.15, 0.2) is 24.4 Å². The number of hydrogen-bond donors (Lipinski definition) is 1. The Hall–Kier alpha value is -2.11. The Labute approximate surface area is 159 Å². The minimum absolute atomic E-state index is 0.00694. The van der Waals surface area contributed by atoms with Crippen LogP contribution in [0.5, 0.6) is 0 Å². The first-order chi connectivity index (χ1) is 13.1. The van der Waals surface area contributed by atoms with Crippen molar-refractivity contribution < 1.29 is 14.3 Å². The zero-order valence-corrected chi connectivity index (χ0v) is 15.5. The monoisotopic (exact) mass is 369 g/mol. The Bertz CT molecular complexity index is 736. The van der Waals surface area contributed by atoms with E-state index in [2.05, 4.69) is 4.98 Å². The highest BCUT2D eigenvalue weighted by molar-refractivity contribution is 5.81. The number of carbonyl (C=O) groups is 2. The van der Waals surface area contributed by atoms with Crippen LogP contribution >= 0.6 is 0 Å². The highest BCUT2D eigenvalue weighted by atomic mass is 16.6. The highest BCUT2D eigenvalue weighted by Gasteiger charge is 2.59. The van der Waals surface area contributed by atoms with Crippen molar-refractivity contribution in [2.75, 3.05) is 6.54 Å². The van der Waals surface area contributed by atoms with E-state index < -0.39 is 0 Å². The lowest BCUT2D eigenvalue weighted by Gasteiger charge is -2.58. The SMILES string of the molecule is NC(=O)[C@]12CC3CC(C1)C(OC(=O)N1CCCC1c1ccccn1)[C@@H](C3)C2. The molecule has 144 valence electrons. The summed E-state index contributed by atoms with van der Waals surface area (Å²) in [5.41, 5.74) is 6.35. The van der Waals surface area contributed by atoms with E-state index in [0.717, 1.165) is 57.2 Å². The second-order valence-corrected chi connectivity index (χ2v) is 9.07. The van der Waals surface area contributed by atoms with Crippen molar-refractivity contribution in [1.29, 1.82) is 0 Å². The van der Waals surface area contributed by atoms with Crippen LogP contribution in [-0.4, -0.2) is 34.5 Å². The van der Waals surface area contributed by atoms with Gasteiger partial charge in [0.15, 0.2) is 0 Å². The molecule has 1 aromatic heterocycles. The molecule has 2 amide bonds. The van der Waals surface area contributed by atoms with Gasteiger partial charge in [0.2, 0.25) is 5.91 Å². The number of nitrogens with zero attached hydrogens (tertiary/aromatic N) is 2. The maximum atomic E-state index is 13.0. The Kier molecular flexibility index (Phi) is 3.92. The van der Waals surface area contributed by atoms with Crippen LogP contribution in [0.1, 0.15) is 56.7 Å². The van der Waals surface area contributed by atoms with Gasteiger partial charge in [-0.25, -0.2) is 4.79 Å². The second-order valence-electron chi connectivity index (χ2n) is 9.07. The maximum absolute atomic E-state index is 13.0. The quantitative estimate of drug-likeness (QED) is 0.887. The van der Waals surface area contributed by atoms with Crippen LogP contribution in [0.4, 0.5) is 4.79 Å². The number of aromatic nitrogens is 1. The van der Waals surface area contributed by atoms with E-state index in [1.165, 1.54) is 0 Å². The molecule has 6 rings (SSSR count). The molecule has 1 aromatic rings. The normalized spacial score (nSPS) is 39.6. The van der Waals surface area contributed by atoms with Crippen molar-refractivity contribution in [3.8, 4) is 0 Å². The fraction of sp³-hybridized carbons (Fsp3) is 0.667. The predicted molar refractivity (Wildman–Crippen MR) is 98.4 cm³/mol.